The van der Waals surface area contributed by atoms with Crippen molar-refractivity contribution < 1.29 is 13.2 Å². The third-order valence-corrected chi connectivity index (χ3v) is 6.10. The molecule has 0 amide bonds. The lowest BCUT2D eigenvalue weighted by Crippen LogP contribution is -2.26. The number of hydrogen-bond donors (Lipinski definition) is 0. The number of benzene rings is 3. The fourth-order valence-electron chi connectivity index (χ4n) is 2.60. The van der Waals surface area contributed by atoms with Gasteiger partial charge in [0.15, 0.2) is 0 Å². The van der Waals surface area contributed by atoms with Crippen molar-refractivity contribution in [1.29, 1.82) is 0 Å². The lowest BCUT2D eigenvalue weighted by molar-refractivity contribution is 0.415. The molecule has 130 valence electrons. The van der Waals surface area contributed by atoms with Gasteiger partial charge in [0, 0.05) is 18.6 Å². The molecule has 0 saturated heterocycles. The smallest absolute Gasteiger partial charge is 0.243 e. The van der Waals surface area contributed by atoms with Gasteiger partial charge in [0.05, 0.1) is 12.0 Å². The van der Waals surface area contributed by atoms with Gasteiger partial charge < -0.3 is 4.74 Å². The van der Waals surface area contributed by atoms with Crippen LogP contribution in [0.2, 0.25) is 5.02 Å². The molecule has 0 N–H and O–H groups in total. The number of nitrogens with zero attached hydrogens (tertiary/aromatic N) is 1. The maximum atomic E-state index is 12.8. The van der Waals surface area contributed by atoms with Crippen LogP contribution < -0.4 is 4.74 Å². The van der Waals surface area contributed by atoms with E-state index in [1.807, 2.05) is 30.3 Å². The maximum Gasteiger partial charge on any atom is 0.243 e. The summed E-state index contributed by atoms with van der Waals surface area (Å²) in [5, 5.41) is 2.40. The fourth-order valence-corrected chi connectivity index (χ4v) is 3.92. The number of hydrogen-bond acceptors (Lipinski definition) is 3. The van der Waals surface area contributed by atoms with Crippen LogP contribution in [0, 0.1) is 0 Å². The van der Waals surface area contributed by atoms with Crippen molar-refractivity contribution in [2.45, 2.75) is 11.4 Å². The summed E-state index contributed by atoms with van der Waals surface area (Å²) in [4.78, 5) is 0.265. The van der Waals surface area contributed by atoms with E-state index in [4.69, 9.17) is 16.3 Å². The Balaban J connectivity index is 1.90. The van der Waals surface area contributed by atoms with Gasteiger partial charge >= 0.3 is 0 Å². The van der Waals surface area contributed by atoms with E-state index in [1.54, 1.807) is 44.5 Å². The van der Waals surface area contributed by atoms with Crippen molar-refractivity contribution in [2.75, 3.05) is 14.2 Å². The second kappa shape index (κ2) is 7.04. The summed E-state index contributed by atoms with van der Waals surface area (Å²) in [5.41, 5.74) is 0.876. The Morgan fingerprint density at radius 1 is 0.960 bits per heavy atom. The van der Waals surface area contributed by atoms with E-state index in [9.17, 15) is 8.42 Å². The van der Waals surface area contributed by atoms with Gasteiger partial charge in [-0.1, -0.05) is 35.9 Å². The van der Waals surface area contributed by atoms with Crippen molar-refractivity contribution in [2.24, 2.45) is 0 Å². The first-order chi connectivity index (χ1) is 11.9. The van der Waals surface area contributed by atoms with Crippen LogP contribution in [0.15, 0.2) is 65.6 Å². The van der Waals surface area contributed by atoms with E-state index in [0.717, 1.165) is 22.1 Å². The predicted molar refractivity (Wildman–Crippen MR) is 101 cm³/mol. The molecule has 4 nitrogen and oxygen atoms in total. The van der Waals surface area contributed by atoms with Crippen LogP contribution >= 0.6 is 11.6 Å². The van der Waals surface area contributed by atoms with Crippen LogP contribution in [0.3, 0.4) is 0 Å². The first kappa shape index (κ1) is 17.7. The van der Waals surface area contributed by atoms with Crippen LogP contribution in [0.1, 0.15) is 5.56 Å². The molecule has 0 radical (unpaired) electrons. The summed E-state index contributed by atoms with van der Waals surface area (Å²) >= 11 is 5.87. The van der Waals surface area contributed by atoms with E-state index < -0.39 is 10.0 Å². The first-order valence-electron chi connectivity index (χ1n) is 7.69. The first-order valence-corrected chi connectivity index (χ1v) is 9.50. The SMILES string of the molecule is COc1ccc2cc(S(=O)(=O)N(C)Cc3ccc(Cl)cc3)ccc2c1. The molecule has 0 aliphatic carbocycles. The maximum absolute atomic E-state index is 12.8. The molecule has 0 aliphatic heterocycles. The summed E-state index contributed by atoms with van der Waals surface area (Å²) in [6.07, 6.45) is 0. The Hall–Kier alpha value is -2.08. The van der Waals surface area contributed by atoms with Crippen LogP contribution in [-0.4, -0.2) is 26.9 Å². The Morgan fingerprint density at radius 2 is 1.60 bits per heavy atom. The van der Waals surface area contributed by atoms with Crippen LogP contribution in [0.25, 0.3) is 10.8 Å². The van der Waals surface area contributed by atoms with Gasteiger partial charge in [0.1, 0.15) is 5.75 Å². The molecular weight excluding hydrogens is 358 g/mol. The molecule has 0 atom stereocenters. The highest BCUT2D eigenvalue weighted by molar-refractivity contribution is 7.89. The van der Waals surface area contributed by atoms with Crippen LogP contribution in [0.5, 0.6) is 5.75 Å². The molecule has 0 fully saturated rings. The highest BCUT2D eigenvalue weighted by atomic mass is 35.5. The number of sulfonamides is 1. The largest absolute Gasteiger partial charge is 0.497 e. The Kier molecular flexibility index (Phi) is 4.99. The molecule has 3 aromatic carbocycles. The van der Waals surface area contributed by atoms with Gasteiger partial charge in [-0.15, -0.1) is 0 Å². The highest BCUT2D eigenvalue weighted by Crippen LogP contribution is 2.25. The minimum absolute atomic E-state index is 0.265. The van der Waals surface area contributed by atoms with E-state index in [2.05, 4.69) is 0 Å². The zero-order valence-electron chi connectivity index (χ0n) is 13.9. The highest BCUT2D eigenvalue weighted by Gasteiger charge is 2.21. The van der Waals surface area contributed by atoms with Crippen LogP contribution in [0.4, 0.5) is 0 Å². The number of halogens is 1. The minimum Gasteiger partial charge on any atom is -0.497 e. The third kappa shape index (κ3) is 3.79. The standard InChI is InChI=1S/C19H18ClNO3S/c1-21(13-14-3-7-17(20)8-4-14)25(22,23)19-10-6-15-11-18(24-2)9-5-16(15)12-19/h3-12H,13H2,1-2H3. The van der Waals surface area contributed by atoms with Gasteiger partial charge in [0.2, 0.25) is 10.0 Å². The third-order valence-electron chi connectivity index (χ3n) is 4.05. The van der Waals surface area contributed by atoms with Crippen molar-refractivity contribution in [1.82, 2.24) is 4.31 Å². The average molecular weight is 376 g/mol. The number of ether oxygens (including phenoxy) is 1. The molecule has 25 heavy (non-hydrogen) atoms. The lowest BCUT2D eigenvalue weighted by atomic mass is 10.1. The molecule has 0 aliphatic rings. The number of fused-ring (bicyclic) bond motifs is 1. The molecule has 3 rings (SSSR count). The van der Waals surface area contributed by atoms with Crippen molar-refractivity contribution >= 4 is 32.4 Å². The molecule has 0 spiro atoms. The summed E-state index contributed by atoms with van der Waals surface area (Å²) in [6, 6.07) is 17.8. The number of methoxy groups -OCH3 is 1. The molecule has 0 bridgehead atoms. The second-order valence-electron chi connectivity index (χ2n) is 5.76. The molecule has 0 unspecified atom stereocenters. The molecule has 3 aromatic rings. The lowest BCUT2D eigenvalue weighted by Gasteiger charge is -2.18. The summed E-state index contributed by atoms with van der Waals surface area (Å²) in [5.74, 6) is 0.739. The van der Waals surface area contributed by atoms with E-state index in [0.29, 0.717) is 5.02 Å². The summed E-state index contributed by atoms with van der Waals surface area (Å²) in [6.45, 7) is 0.278. The monoisotopic (exact) mass is 375 g/mol. The van der Waals surface area contributed by atoms with E-state index in [1.165, 1.54) is 4.31 Å². The molecule has 0 heterocycles. The Morgan fingerprint density at radius 3 is 2.28 bits per heavy atom. The topological polar surface area (TPSA) is 46.6 Å². The van der Waals surface area contributed by atoms with Crippen LogP contribution in [-0.2, 0) is 16.6 Å². The summed E-state index contributed by atoms with van der Waals surface area (Å²) in [7, 11) is -0.411. The average Bonchev–Trinajstić information content (AvgIpc) is 2.62. The second-order valence-corrected chi connectivity index (χ2v) is 8.24. The van der Waals surface area contributed by atoms with Crippen molar-refractivity contribution in [3.63, 3.8) is 0 Å². The normalized spacial score (nSPS) is 11.8. The molecule has 6 heteroatoms. The minimum atomic E-state index is -3.59. The zero-order valence-corrected chi connectivity index (χ0v) is 15.5. The number of rotatable bonds is 5. The van der Waals surface area contributed by atoms with Crippen molar-refractivity contribution in [3.05, 3.63) is 71.2 Å². The van der Waals surface area contributed by atoms with Gasteiger partial charge in [-0.3, -0.25) is 0 Å². The van der Waals surface area contributed by atoms with Gasteiger partial charge in [0.25, 0.3) is 0 Å². The van der Waals surface area contributed by atoms with E-state index >= 15 is 0 Å². The van der Waals surface area contributed by atoms with Gasteiger partial charge in [-0.2, -0.15) is 4.31 Å². The predicted octanol–water partition coefficient (Wildman–Crippen LogP) is 4.32. The summed E-state index contributed by atoms with van der Waals surface area (Å²) < 4.78 is 32.2. The van der Waals surface area contributed by atoms with E-state index in [-0.39, 0.29) is 11.4 Å². The van der Waals surface area contributed by atoms with Gasteiger partial charge in [-0.05, 0) is 52.7 Å². The molecule has 0 aromatic heterocycles. The Bertz CT molecular complexity index is 1000. The molecular formula is C19H18ClNO3S. The fraction of sp³-hybridized carbons (Fsp3) is 0.158. The molecule has 0 saturated carbocycles. The quantitative estimate of drug-likeness (QED) is 0.667. The zero-order chi connectivity index (χ0) is 18.0. The Labute approximate surface area is 152 Å². The van der Waals surface area contributed by atoms with Crippen molar-refractivity contribution in [3.8, 4) is 5.75 Å². The van der Waals surface area contributed by atoms with Gasteiger partial charge in [-0.25, -0.2) is 8.42 Å².